The molecular formula is C17H18N4O5S. The van der Waals surface area contributed by atoms with Gasteiger partial charge in [0.25, 0.3) is 11.6 Å². The van der Waals surface area contributed by atoms with Gasteiger partial charge in [0.1, 0.15) is 15.6 Å². The monoisotopic (exact) mass is 390 g/mol. The lowest BCUT2D eigenvalue weighted by Crippen LogP contribution is -2.26. The number of carbonyl (C=O) groups is 2. The highest BCUT2D eigenvalue weighted by Crippen LogP contribution is 2.32. The topological polar surface area (TPSA) is 134 Å². The second-order valence-corrected chi connectivity index (χ2v) is 7.41. The number of nitrogens with zero attached hydrogens (tertiary/aromatic N) is 2. The molecule has 3 rings (SSSR count). The molecule has 10 heteroatoms. The van der Waals surface area contributed by atoms with Crippen molar-refractivity contribution in [2.24, 2.45) is 0 Å². The number of nitro benzene ring substituents is 1. The van der Waals surface area contributed by atoms with Crippen LogP contribution < -0.4 is 10.6 Å². The number of nitro groups is 1. The molecule has 1 aromatic heterocycles. The SMILES string of the molecule is Cc1nc(C(C)NC(=O)c2ccc(NC3CC3)c([N+](=O)[O-])c2)sc1C(=O)O. The molecule has 3 N–H and O–H groups in total. The molecule has 1 amide bonds. The normalized spacial score (nSPS) is 14.4. The molecule has 0 bridgehead atoms. The molecule has 1 aliphatic carbocycles. The number of aryl methyl sites for hydroxylation is 1. The molecule has 142 valence electrons. The average Bonchev–Trinajstić information content (AvgIpc) is 3.33. The summed E-state index contributed by atoms with van der Waals surface area (Å²) >= 11 is 0.994. The van der Waals surface area contributed by atoms with E-state index in [2.05, 4.69) is 15.6 Å². The predicted molar refractivity (Wildman–Crippen MR) is 99.4 cm³/mol. The number of carboxylic acids is 1. The van der Waals surface area contributed by atoms with Gasteiger partial charge in [0.15, 0.2) is 0 Å². The first kappa shape index (κ1) is 18.8. The van der Waals surface area contributed by atoms with Crippen molar-refractivity contribution >= 4 is 34.6 Å². The van der Waals surface area contributed by atoms with Gasteiger partial charge < -0.3 is 15.7 Å². The van der Waals surface area contributed by atoms with Gasteiger partial charge in [-0.15, -0.1) is 11.3 Å². The summed E-state index contributed by atoms with van der Waals surface area (Å²) in [6, 6.07) is 4.02. The highest BCUT2D eigenvalue weighted by molar-refractivity contribution is 7.13. The van der Waals surface area contributed by atoms with Crippen molar-refractivity contribution < 1.29 is 19.6 Å². The number of anilines is 1. The van der Waals surface area contributed by atoms with E-state index in [1.165, 1.54) is 18.2 Å². The number of rotatable bonds is 7. The third-order valence-electron chi connectivity index (χ3n) is 4.12. The van der Waals surface area contributed by atoms with E-state index in [-0.39, 0.29) is 22.2 Å². The number of amides is 1. The van der Waals surface area contributed by atoms with Gasteiger partial charge in [-0.2, -0.15) is 0 Å². The van der Waals surface area contributed by atoms with Crippen LogP contribution in [0.5, 0.6) is 0 Å². The molecule has 0 aliphatic heterocycles. The lowest BCUT2D eigenvalue weighted by molar-refractivity contribution is -0.384. The second kappa shape index (κ2) is 7.31. The summed E-state index contributed by atoms with van der Waals surface area (Å²) in [4.78, 5) is 38.7. The van der Waals surface area contributed by atoms with Crippen LogP contribution >= 0.6 is 11.3 Å². The molecule has 1 unspecified atom stereocenters. The summed E-state index contributed by atoms with van der Waals surface area (Å²) in [5.41, 5.74) is 0.783. The van der Waals surface area contributed by atoms with Crippen LogP contribution in [0.1, 0.15) is 56.5 Å². The van der Waals surface area contributed by atoms with Crippen molar-refractivity contribution in [1.82, 2.24) is 10.3 Å². The van der Waals surface area contributed by atoms with Crippen molar-refractivity contribution in [3.8, 4) is 0 Å². The Kier molecular flexibility index (Phi) is 5.08. The molecule has 1 heterocycles. The Labute approximate surface area is 158 Å². The lowest BCUT2D eigenvalue weighted by atomic mass is 10.1. The van der Waals surface area contributed by atoms with Gasteiger partial charge in [0, 0.05) is 17.7 Å². The van der Waals surface area contributed by atoms with Gasteiger partial charge in [0.2, 0.25) is 0 Å². The van der Waals surface area contributed by atoms with Crippen LogP contribution in [0.4, 0.5) is 11.4 Å². The number of hydrogen-bond acceptors (Lipinski definition) is 7. The zero-order chi connectivity index (χ0) is 19.7. The molecule has 1 atom stereocenters. The van der Waals surface area contributed by atoms with Crippen LogP contribution in [0.25, 0.3) is 0 Å². The Bertz CT molecular complexity index is 922. The molecule has 27 heavy (non-hydrogen) atoms. The van der Waals surface area contributed by atoms with Gasteiger partial charge in [-0.1, -0.05) is 0 Å². The molecule has 1 fully saturated rings. The third-order valence-corrected chi connectivity index (χ3v) is 5.45. The van der Waals surface area contributed by atoms with Crippen LogP contribution in [0.15, 0.2) is 18.2 Å². The molecular weight excluding hydrogens is 372 g/mol. The van der Waals surface area contributed by atoms with E-state index in [9.17, 15) is 19.7 Å². The number of thiazole rings is 1. The Morgan fingerprint density at radius 2 is 2.11 bits per heavy atom. The standard InChI is InChI=1S/C17H18N4O5S/c1-8-14(17(23)24)27-16(19-8)9(2)18-15(22)10-3-6-12(20-11-4-5-11)13(7-10)21(25)26/h3,6-7,9,11,20H,4-5H2,1-2H3,(H,18,22)(H,23,24). The maximum absolute atomic E-state index is 12.5. The van der Waals surface area contributed by atoms with Crippen LogP contribution in [-0.2, 0) is 0 Å². The molecule has 1 aromatic carbocycles. The van der Waals surface area contributed by atoms with Gasteiger partial charge >= 0.3 is 5.97 Å². The highest BCUT2D eigenvalue weighted by atomic mass is 32.1. The van der Waals surface area contributed by atoms with Gasteiger partial charge in [-0.05, 0) is 38.8 Å². The minimum atomic E-state index is -1.07. The number of benzene rings is 1. The maximum Gasteiger partial charge on any atom is 0.347 e. The zero-order valence-electron chi connectivity index (χ0n) is 14.7. The average molecular weight is 390 g/mol. The van der Waals surface area contributed by atoms with Gasteiger partial charge in [-0.25, -0.2) is 9.78 Å². The summed E-state index contributed by atoms with van der Waals surface area (Å²) < 4.78 is 0. The maximum atomic E-state index is 12.5. The van der Waals surface area contributed by atoms with Gasteiger partial charge in [0.05, 0.1) is 16.7 Å². The fourth-order valence-electron chi connectivity index (χ4n) is 2.54. The Hall–Kier alpha value is -3.01. The predicted octanol–water partition coefficient (Wildman–Crippen LogP) is 3.12. The number of aromatic carboxylic acids is 1. The lowest BCUT2D eigenvalue weighted by Gasteiger charge is -2.12. The Morgan fingerprint density at radius 3 is 2.67 bits per heavy atom. The largest absolute Gasteiger partial charge is 0.477 e. The molecule has 2 aromatic rings. The number of nitrogens with one attached hydrogen (secondary N) is 2. The zero-order valence-corrected chi connectivity index (χ0v) is 15.5. The van der Waals surface area contributed by atoms with Crippen LogP contribution in [0.3, 0.4) is 0 Å². The molecule has 0 spiro atoms. The van der Waals surface area contributed by atoms with E-state index < -0.39 is 22.8 Å². The molecule has 9 nitrogen and oxygen atoms in total. The molecule has 1 aliphatic rings. The first-order chi connectivity index (χ1) is 12.8. The minimum Gasteiger partial charge on any atom is -0.477 e. The number of carbonyl (C=O) groups excluding carboxylic acids is 1. The first-order valence-corrected chi connectivity index (χ1v) is 9.14. The fourth-order valence-corrected chi connectivity index (χ4v) is 3.44. The van der Waals surface area contributed by atoms with Crippen molar-refractivity contribution in [3.05, 3.63) is 49.5 Å². The first-order valence-electron chi connectivity index (χ1n) is 8.32. The number of carboxylic acid groups (broad SMARTS) is 1. The minimum absolute atomic E-state index is 0.122. The van der Waals surface area contributed by atoms with E-state index >= 15 is 0 Å². The van der Waals surface area contributed by atoms with E-state index in [1.807, 2.05) is 0 Å². The summed E-state index contributed by atoms with van der Waals surface area (Å²) in [6.45, 7) is 3.27. The summed E-state index contributed by atoms with van der Waals surface area (Å²) in [6.07, 6.45) is 1.95. The van der Waals surface area contributed by atoms with Crippen LogP contribution in [0, 0.1) is 17.0 Å². The van der Waals surface area contributed by atoms with Crippen molar-refractivity contribution in [3.63, 3.8) is 0 Å². The van der Waals surface area contributed by atoms with Crippen LogP contribution in [-0.4, -0.2) is 32.9 Å². The smallest absolute Gasteiger partial charge is 0.347 e. The van der Waals surface area contributed by atoms with E-state index in [0.717, 1.165) is 24.2 Å². The second-order valence-electron chi connectivity index (χ2n) is 6.37. The quantitative estimate of drug-likeness (QED) is 0.488. The summed E-state index contributed by atoms with van der Waals surface area (Å²) in [7, 11) is 0. The highest BCUT2D eigenvalue weighted by Gasteiger charge is 2.26. The van der Waals surface area contributed by atoms with Crippen molar-refractivity contribution in [2.45, 2.75) is 38.8 Å². The fraction of sp³-hybridized carbons (Fsp3) is 0.353. The summed E-state index contributed by atoms with van der Waals surface area (Å²) in [5.74, 6) is -1.56. The van der Waals surface area contributed by atoms with E-state index in [1.54, 1.807) is 13.8 Å². The third kappa shape index (κ3) is 4.22. The molecule has 0 saturated heterocycles. The number of aromatic nitrogens is 1. The van der Waals surface area contributed by atoms with E-state index in [4.69, 9.17) is 5.11 Å². The van der Waals surface area contributed by atoms with Crippen molar-refractivity contribution in [1.29, 1.82) is 0 Å². The van der Waals surface area contributed by atoms with E-state index in [0.29, 0.717) is 16.4 Å². The Balaban J connectivity index is 1.77. The Morgan fingerprint density at radius 1 is 1.41 bits per heavy atom. The molecule has 0 radical (unpaired) electrons. The van der Waals surface area contributed by atoms with Crippen molar-refractivity contribution in [2.75, 3.05) is 5.32 Å². The van der Waals surface area contributed by atoms with Crippen LogP contribution in [0.2, 0.25) is 0 Å². The van der Waals surface area contributed by atoms with Gasteiger partial charge in [-0.3, -0.25) is 14.9 Å². The number of hydrogen-bond donors (Lipinski definition) is 3. The summed E-state index contributed by atoms with van der Waals surface area (Å²) in [5, 5.41) is 26.7. The molecule has 1 saturated carbocycles.